The first-order valence-electron chi connectivity index (χ1n) is 6.58. The third-order valence-electron chi connectivity index (χ3n) is 3.24. The van der Waals surface area contributed by atoms with Crippen LogP contribution in [-0.2, 0) is 20.7 Å². The van der Waals surface area contributed by atoms with Gasteiger partial charge in [0.05, 0.1) is 0 Å². The van der Waals surface area contributed by atoms with Crippen LogP contribution in [0.1, 0.15) is 18.4 Å². The Kier molecular flexibility index (Phi) is 4.70. The lowest BCUT2D eigenvalue weighted by Gasteiger charge is -2.13. The molecule has 1 saturated heterocycles. The number of hydrogen-bond acceptors (Lipinski definition) is 6. The molecule has 0 amide bonds. The van der Waals surface area contributed by atoms with Crippen molar-refractivity contribution < 1.29 is 19.4 Å². The summed E-state index contributed by atoms with van der Waals surface area (Å²) < 4.78 is 4.78. The number of esters is 2. The van der Waals surface area contributed by atoms with Crippen molar-refractivity contribution in [1.29, 1.82) is 0 Å². The van der Waals surface area contributed by atoms with Gasteiger partial charge in [-0.3, -0.25) is 0 Å². The van der Waals surface area contributed by atoms with E-state index in [2.05, 4.69) is 5.32 Å². The molecule has 1 aromatic rings. The zero-order valence-electron chi connectivity index (χ0n) is 11.0. The number of carbonyl (C=O) groups excluding carboxylic acids is 2. The second kappa shape index (κ2) is 6.49. The van der Waals surface area contributed by atoms with E-state index in [1.165, 1.54) is 12.1 Å². The van der Waals surface area contributed by atoms with E-state index in [1.54, 1.807) is 12.1 Å². The molecule has 6 nitrogen and oxygen atoms in total. The predicted octanol–water partition coefficient (Wildman–Crippen LogP) is 0.0838. The van der Waals surface area contributed by atoms with Crippen LogP contribution in [0.15, 0.2) is 24.3 Å². The van der Waals surface area contributed by atoms with Crippen molar-refractivity contribution >= 4 is 11.9 Å². The van der Waals surface area contributed by atoms with Crippen molar-refractivity contribution in [2.75, 3.05) is 6.54 Å². The minimum absolute atomic E-state index is 0.146. The van der Waals surface area contributed by atoms with Crippen LogP contribution in [0.2, 0.25) is 0 Å². The van der Waals surface area contributed by atoms with Crippen LogP contribution >= 0.6 is 0 Å². The van der Waals surface area contributed by atoms with Crippen molar-refractivity contribution in [3.63, 3.8) is 0 Å². The van der Waals surface area contributed by atoms with Crippen LogP contribution in [-0.4, -0.2) is 35.7 Å². The molecule has 4 N–H and O–H groups in total. The van der Waals surface area contributed by atoms with E-state index in [0.717, 1.165) is 18.5 Å². The number of phenols is 1. The second-order valence-electron chi connectivity index (χ2n) is 4.87. The Hall–Kier alpha value is -1.92. The lowest BCUT2D eigenvalue weighted by molar-refractivity contribution is -0.161. The van der Waals surface area contributed by atoms with Gasteiger partial charge in [-0.2, -0.15) is 0 Å². The Bertz CT molecular complexity index is 480. The SMILES string of the molecule is N[C@@H](Cc1ccc(O)cc1)C(=O)OC(=O)[C@@H]1CCCN1. The fourth-order valence-corrected chi connectivity index (χ4v) is 2.10. The van der Waals surface area contributed by atoms with E-state index < -0.39 is 24.0 Å². The highest BCUT2D eigenvalue weighted by atomic mass is 16.6. The van der Waals surface area contributed by atoms with Crippen LogP contribution in [0.5, 0.6) is 5.75 Å². The minimum Gasteiger partial charge on any atom is -0.508 e. The highest BCUT2D eigenvalue weighted by Crippen LogP contribution is 2.12. The summed E-state index contributed by atoms with van der Waals surface area (Å²) in [7, 11) is 0. The summed E-state index contributed by atoms with van der Waals surface area (Å²) >= 11 is 0. The Morgan fingerprint density at radius 1 is 1.40 bits per heavy atom. The Balaban J connectivity index is 1.85. The smallest absolute Gasteiger partial charge is 0.330 e. The van der Waals surface area contributed by atoms with Crippen LogP contribution in [0.25, 0.3) is 0 Å². The van der Waals surface area contributed by atoms with Gasteiger partial charge in [0.15, 0.2) is 0 Å². The number of carbonyl (C=O) groups is 2. The molecule has 0 spiro atoms. The van der Waals surface area contributed by atoms with Crippen LogP contribution in [0.3, 0.4) is 0 Å². The molecule has 0 unspecified atom stereocenters. The molecular weight excluding hydrogens is 260 g/mol. The molecular formula is C14H18N2O4. The van der Waals surface area contributed by atoms with Gasteiger partial charge in [-0.25, -0.2) is 9.59 Å². The molecule has 6 heteroatoms. The number of hydrogen-bond donors (Lipinski definition) is 3. The summed E-state index contributed by atoms with van der Waals surface area (Å²) in [4.78, 5) is 23.4. The predicted molar refractivity (Wildman–Crippen MR) is 71.9 cm³/mol. The monoisotopic (exact) mass is 278 g/mol. The van der Waals surface area contributed by atoms with Gasteiger partial charge in [-0.1, -0.05) is 12.1 Å². The number of ether oxygens (including phenoxy) is 1. The van der Waals surface area contributed by atoms with Crippen molar-refractivity contribution in [2.45, 2.75) is 31.3 Å². The molecule has 20 heavy (non-hydrogen) atoms. The Morgan fingerprint density at radius 3 is 2.70 bits per heavy atom. The van der Waals surface area contributed by atoms with Gasteiger partial charge in [0.25, 0.3) is 0 Å². The summed E-state index contributed by atoms with van der Waals surface area (Å²) in [6.07, 6.45) is 1.83. The molecule has 108 valence electrons. The number of aromatic hydroxyl groups is 1. The largest absolute Gasteiger partial charge is 0.508 e. The quantitative estimate of drug-likeness (QED) is 0.533. The van der Waals surface area contributed by atoms with Gasteiger partial charge < -0.3 is 20.9 Å². The molecule has 1 fully saturated rings. The van der Waals surface area contributed by atoms with Gasteiger partial charge in [0, 0.05) is 0 Å². The second-order valence-corrected chi connectivity index (χ2v) is 4.87. The highest BCUT2D eigenvalue weighted by molar-refractivity contribution is 5.91. The lowest BCUT2D eigenvalue weighted by Crippen LogP contribution is -2.40. The van der Waals surface area contributed by atoms with Crippen molar-refractivity contribution in [3.8, 4) is 5.75 Å². The first-order chi connectivity index (χ1) is 9.56. The average molecular weight is 278 g/mol. The van der Waals surface area contributed by atoms with E-state index in [0.29, 0.717) is 6.42 Å². The maximum absolute atomic E-state index is 11.7. The Morgan fingerprint density at radius 2 is 2.10 bits per heavy atom. The van der Waals surface area contributed by atoms with E-state index in [4.69, 9.17) is 15.6 Å². The number of benzene rings is 1. The van der Waals surface area contributed by atoms with E-state index >= 15 is 0 Å². The van der Waals surface area contributed by atoms with E-state index in [1.807, 2.05) is 0 Å². The maximum Gasteiger partial charge on any atom is 0.330 e. The molecule has 0 saturated carbocycles. The number of nitrogens with one attached hydrogen (secondary N) is 1. The molecule has 1 aliphatic heterocycles. The summed E-state index contributed by atoms with van der Waals surface area (Å²) in [6.45, 7) is 0.757. The van der Waals surface area contributed by atoms with Crippen molar-refractivity contribution in [3.05, 3.63) is 29.8 Å². The van der Waals surface area contributed by atoms with Gasteiger partial charge >= 0.3 is 11.9 Å². The summed E-state index contributed by atoms with van der Waals surface area (Å²) in [5.74, 6) is -1.14. The van der Waals surface area contributed by atoms with Crippen LogP contribution in [0, 0.1) is 0 Å². The van der Waals surface area contributed by atoms with E-state index in [-0.39, 0.29) is 12.2 Å². The third kappa shape index (κ3) is 3.79. The minimum atomic E-state index is -0.898. The zero-order chi connectivity index (χ0) is 14.5. The Labute approximate surface area is 116 Å². The topological polar surface area (TPSA) is 102 Å². The number of phenolic OH excluding ortho intramolecular Hbond substituents is 1. The molecule has 2 rings (SSSR count). The first-order valence-corrected chi connectivity index (χ1v) is 6.58. The molecule has 0 radical (unpaired) electrons. The average Bonchev–Trinajstić information content (AvgIpc) is 2.95. The molecule has 0 aliphatic carbocycles. The van der Waals surface area contributed by atoms with Crippen molar-refractivity contribution in [2.24, 2.45) is 5.73 Å². The fraction of sp³-hybridized carbons (Fsp3) is 0.429. The zero-order valence-corrected chi connectivity index (χ0v) is 11.0. The molecule has 1 heterocycles. The van der Waals surface area contributed by atoms with Crippen LogP contribution in [0.4, 0.5) is 0 Å². The number of nitrogens with two attached hydrogens (primary N) is 1. The summed E-state index contributed by atoms with van der Waals surface area (Å²) in [6, 6.07) is 5.07. The summed E-state index contributed by atoms with van der Waals surface area (Å²) in [5.41, 5.74) is 6.52. The summed E-state index contributed by atoms with van der Waals surface area (Å²) in [5, 5.41) is 12.1. The normalized spacial score (nSPS) is 19.6. The maximum atomic E-state index is 11.7. The van der Waals surface area contributed by atoms with Crippen LogP contribution < -0.4 is 11.1 Å². The molecule has 1 aliphatic rings. The van der Waals surface area contributed by atoms with Gasteiger partial charge in [-0.05, 0) is 43.5 Å². The van der Waals surface area contributed by atoms with Gasteiger partial charge in [0.1, 0.15) is 17.8 Å². The van der Waals surface area contributed by atoms with Crippen molar-refractivity contribution in [1.82, 2.24) is 5.32 Å². The molecule has 0 bridgehead atoms. The van der Waals surface area contributed by atoms with E-state index in [9.17, 15) is 9.59 Å². The highest BCUT2D eigenvalue weighted by Gasteiger charge is 2.27. The molecule has 1 aromatic carbocycles. The molecule has 2 atom stereocenters. The standard InChI is InChI=1S/C14H18N2O4/c15-11(8-9-3-5-10(17)6-4-9)13(18)20-14(19)12-2-1-7-16-12/h3-6,11-12,16-17H,1-2,7-8,15H2/t11-,12-/m0/s1. The number of rotatable bonds is 4. The molecule has 0 aromatic heterocycles. The van der Waals surface area contributed by atoms with Gasteiger partial charge in [-0.15, -0.1) is 0 Å². The fourth-order valence-electron chi connectivity index (χ4n) is 2.10. The van der Waals surface area contributed by atoms with Gasteiger partial charge in [0.2, 0.25) is 0 Å². The lowest BCUT2D eigenvalue weighted by atomic mass is 10.1. The first kappa shape index (κ1) is 14.5. The third-order valence-corrected chi connectivity index (χ3v) is 3.24.